The molecule has 1 fully saturated rings. The maximum atomic E-state index is 12.8. The standard InChI is InChI=1S/C22H25NO3/c1-4-14-22(19-8-6-5-7-9-19)15-16-23(21(24)26-22)17(2)18-10-12-20(25-3)13-11-18/h4-13,17H,1,14-16H2,2-3H3/t17-,22-/m0/s1. The van der Waals surface area contributed by atoms with Gasteiger partial charge in [-0.2, -0.15) is 0 Å². The van der Waals surface area contributed by atoms with E-state index in [-0.39, 0.29) is 12.1 Å². The Morgan fingerprint density at radius 2 is 1.92 bits per heavy atom. The minimum atomic E-state index is -0.629. The van der Waals surface area contributed by atoms with Gasteiger partial charge >= 0.3 is 6.09 Å². The summed E-state index contributed by atoms with van der Waals surface area (Å²) in [5.41, 5.74) is 1.44. The van der Waals surface area contributed by atoms with Crippen LogP contribution in [0.3, 0.4) is 0 Å². The van der Waals surface area contributed by atoms with Crippen LogP contribution in [0.5, 0.6) is 5.75 Å². The number of methoxy groups -OCH3 is 1. The molecule has 1 heterocycles. The maximum absolute atomic E-state index is 12.8. The van der Waals surface area contributed by atoms with Crippen molar-refractivity contribution in [3.63, 3.8) is 0 Å². The first-order valence-corrected chi connectivity index (χ1v) is 8.89. The Labute approximate surface area is 155 Å². The molecule has 0 radical (unpaired) electrons. The van der Waals surface area contributed by atoms with Gasteiger partial charge in [0.1, 0.15) is 11.4 Å². The minimum Gasteiger partial charge on any atom is -0.497 e. The van der Waals surface area contributed by atoms with Gasteiger partial charge in [-0.3, -0.25) is 0 Å². The summed E-state index contributed by atoms with van der Waals surface area (Å²) in [5, 5.41) is 0. The number of carbonyl (C=O) groups is 1. The first-order chi connectivity index (χ1) is 12.6. The summed E-state index contributed by atoms with van der Waals surface area (Å²) in [5.74, 6) is 0.802. The van der Waals surface area contributed by atoms with E-state index >= 15 is 0 Å². The number of benzene rings is 2. The van der Waals surface area contributed by atoms with E-state index < -0.39 is 5.60 Å². The van der Waals surface area contributed by atoms with Crippen LogP contribution in [-0.2, 0) is 10.3 Å². The predicted molar refractivity (Wildman–Crippen MR) is 102 cm³/mol. The Morgan fingerprint density at radius 3 is 2.50 bits per heavy atom. The molecule has 0 aromatic heterocycles. The van der Waals surface area contributed by atoms with Crippen LogP contribution in [0, 0.1) is 0 Å². The van der Waals surface area contributed by atoms with Gasteiger partial charge in [-0.15, -0.1) is 6.58 Å². The molecular weight excluding hydrogens is 326 g/mol. The smallest absolute Gasteiger partial charge is 0.411 e. The van der Waals surface area contributed by atoms with Gasteiger partial charge in [-0.05, 0) is 30.2 Å². The molecule has 0 saturated carbocycles. The van der Waals surface area contributed by atoms with Crippen molar-refractivity contribution in [1.29, 1.82) is 0 Å². The van der Waals surface area contributed by atoms with Crippen LogP contribution in [0.15, 0.2) is 67.3 Å². The third-order valence-electron chi connectivity index (χ3n) is 5.11. The third kappa shape index (κ3) is 3.45. The lowest BCUT2D eigenvalue weighted by atomic mass is 9.85. The molecule has 0 bridgehead atoms. The first kappa shape index (κ1) is 18.1. The Hall–Kier alpha value is -2.75. The molecule has 0 spiro atoms. The van der Waals surface area contributed by atoms with Gasteiger partial charge in [0.25, 0.3) is 0 Å². The quantitative estimate of drug-likeness (QED) is 0.682. The van der Waals surface area contributed by atoms with Gasteiger partial charge in [-0.1, -0.05) is 48.5 Å². The van der Waals surface area contributed by atoms with Crippen LogP contribution in [0.2, 0.25) is 0 Å². The summed E-state index contributed by atoms with van der Waals surface area (Å²) in [6, 6.07) is 17.7. The fourth-order valence-corrected chi connectivity index (χ4v) is 3.52. The van der Waals surface area contributed by atoms with Crippen molar-refractivity contribution in [3.8, 4) is 5.75 Å². The molecule has 2 aromatic rings. The molecule has 1 aliphatic rings. The van der Waals surface area contributed by atoms with Crippen molar-refractivity contribution >= 4 is 6.09 Å². The molecule has 136 valence electrons. The average molecular weight is 351 g/mol. The Balaban J connectivity index is 1.80. The van der Waals surface area contributed by atoms with E-state index in [1.54, 1.807) is 12.0 Å². The van der Waals surface area contributed by atoms with Crippen LogP contribution in [0.25, 0.3) is 0 Å². The van der Waals surface area contributed by atoms with E-state index in [0.717, 1.165) is 23.3 Å². The molecule has 2 atom stereocenters. The zero-order valence-electron chi connectivity index (χ0n) is 15.4. The molecular formula is C22H25NO3. The molecule has 1 saturated heterocycles. The molecule has 1 aliphatic heterocycles. The number of hydrogen-bond donors (Lipinski definition) is 0. The van der Waals surface area contributed by atoms with Gasteiger partial charge in [0.15, 0.2) is 0 Å². The number of cyclic esters (lactones) is 1. The largest absolute Gasteiger partial charge is 0.497 e. The molecule has 0 N–H and O–H groups in total. The third-order valence-corrected chi connectivity index (χ3v) is 5.11. The van der Waals surface area contributed by atoms with Gasteiger partial charge in [-0.25, -0.2) is 4.79 Å². The van der Waals surface area contributed by atoms with Crippen LogP contribution >= 0.6 is 0 Å². The highest BCUT2D eigenvalue weighted by molar-refractivity contribution is 5.70. The van der Waals surface area contributed by atoms with Gasteiger partial charge in [0.05, 0.1) is 13.2 Å². The van der Waals surface area contributed by atoms with Crippen molar-refractivity contribution in [2.24, 2.45) is 0 Å². The van der Waals surface area contributed by atoms with Gasteiger partial charge < -0.3 is 14.4 Å². The predicted octanol–water partition coefficient (Wildman–Crippen LogP) is 5.07. The van der Waals surface area contributed by atoms with E-state index in [1.165, 1.54) is 0 Å². The highest BCUT2D eigenvalue weighted by Crippen LogP contribution is 2.39. The van der Waals surface area contributed by atoms with Crippen molar-refractivity contribution < 1.29 is 14.3 Å². The Bertz CT molecular complexity index is 757. The van der Waals surface area contributed by atoms with E-state index in [9.17, 15) is 4.79 Å². The summed E-state index contributed by atoms with van der Waals surface area (Å²) in [6.07, 6.45) is 2.87. The zero-order chi connectivity index (χ0) is 18.6. The minimum absolute atomic E-state index is 0.0640. The first-order valence-electron chi connectivity index (χ1n) is 8.89. The van der Waals surface area contributed by atoms with E-state index in [1.807, 2.05) is 67.6 Å². The number of ether oxygens (including phenoxy) is 2. The summed E-state index contributed by atoms with van der Waals surface area (Å²) in [6.45, 7) is 6.51. The lowest BCUT2D eigenvalue weighted by Gasteiger charge is -2.43. The summed E-state index contributed by atoms with van der Waals surface area (Å²) >= 11 is 0. The van der Waals surface area contributed by atoms with Crippen molar-refractivity contribution in [2.45, 2.75) is 31.4 Å². The summed E-state index contributed by atoms with van der Waals surface area (Å²) in [4.78, 5) is 14.6. The second kappa shape index (κ2) is 7.65. The van der Waals surface area contributed by atoms with E-state index in [0.29, 0.717) is 13.0 Å². The number of rotatable bonds is 6. The molecule has 4 nitrogen and oxygen atoms in total. The normalized spacial score (nSPS) is 21.0. The van der Waals surface area contributed by atoms with Crippen LogP contribution < -0.4 is 4.74 Å². The van der Waals surface area contributed by atoms with Gasteiger partial charge in [0.2, 0.25) is 0 Å². The SMILES string of the molecule is C=CC[C@@]1(c2ccccc2)CCN([C@@H](C)c2ccc(OC)cc2)C(=O)O1. The van der Waals surface area contributed by atoms with E-state index in [2.05, 4.69) is 6.58 Å². The zero-order valence-corrected chi connectivity index (χ0v) is 15.4. The highest BCUT2D eigenvalue weighted by atomic mass is 16.6. The topological polar surface area (TPSA) is 38.8 Å². The molecule has 0 unspecified atom stereocenters. The molecule has 26 heavy (non-hydrogen) atoms. The molecule has 4 heteroatoms. The van der Waals surface area contributed by atoms with Crippen molar-refractivity contribution in [3.05, 3.63) is 78.4 Å². The lowest BCUT2D eigenvalue weighted by molar-refractivity contribution is -0.0588. The Kier molecular flexibility index (Phi) is 5.31. The lowest BCUT2D eigenvalue weighted by Crippen LogP contribution is -2.48. The van der Waals surface area contributed by atoms with Crippen LogP contribution in [0.1, 0.15) is 36.9 Å². The van der Waals surface area contributed by atoms with Gasteiger partial charge in [0, 0.05) is 19.4 Å². The molecule has 2 aromatic carbocycles. The fourth-order valence-electron chi connectivity index (χ4n) is 3.52. The van der Waals surface area contributed by atoms with Crippen LogP contribution in [0.4, 0.5) is 4.79 Å². The number of amides is 1. The molecule has 0 aliphatic carbocycles. The van der Waals surface area contributed by atoms with Crippen LogP contribution in [-0.4, -0.2) is 24.6 Å². The number of nitrogens with zero attached hydrogens (tertiary/aromatic N) is 1. The van der Waals surface area contributed by atoms with Crippen molar-refractivity contribution in [1.82, 2.24) is 4.90 Å². The summed E-state index contributed by atoms with van der Waals surface area (Å²) in [7, 11) is 1.64. The molecule has 1 amide bonds. The number of carbonyl (C=O) groups excluding carboxylic acids is 1. The fraction of sp³-hybridized carbons (Fsp3) is 0.318. The van der Waals surface area contributed by atoms with Crippen molar-refractivity contribution in [2.75, 3.05) is 13.7 Å². The second-order valence-corrected chi connectivity index (χ2v) is 6.61. The summed E-state index contributed by atoms with van der Waals surface area (Å²) < 4.78 is 11.2. The second-order valence-electron chi connectivity index (χ2n) is 6.61. The average Bonchev–Trinajstić information content (AvgIpc) is 2.68. The number of hydrogen-bond acceptors (Lipinski definition) is 3. The monoisotopic (exact) mass is 351 g/mol. The highest BCUT2D eigenvalue weighted by Gasteiger charge is 2.42. The maximum Gasteiger partial charge on any atom is 0.411 e. The molecule has 3 rings (SSSR count). The van der Waals surface area contributed by atoms with E-state index in [4.69, 9.17) is 9.47 Å². The Morgan fingerprint density at radius 1 is 1.23 bits per heavy atom.